The van der Waals surface area contributed by atoms with Crippen molar-refractivity contribution >= 4 is 5.91 Å². The number of aromatic nitrogens is 1. The SMILES string of the molecule is O=C(NC1CCCCC1)C1C2CCC(O2)C1c1ccncc1. The zero-order valence-corrected chi connectivity index (χ0v) is 12.9. The number of fused-ring (bicyclic) bond motifs is 2. The van der Waals surface area contributed by atoms with Crippen molar-refractivity contribution in [1.29, 1.82) is 0 Å². The average molecular weight is 300 g/mol. The van der Waals surface area contributed by atoms with E-state index in [-0.39, 0.29) is 30.0 Å². The van der Waals surface area contributed by atoms with E-state index in [4.69, 9.17) is 4.74 Å². The Morgan fingerprint density at radius 2 is 1.77 bits per heavy atom. The maximum atomic E-state index is 12.9. The molecule has 118 valence electrons. The highest BCUT2D eigenvalue weighted by atomic mass is 16.5. The van der Waals surface area contributed by atoms with Crippen molar-refractivity contribution in [2.45, 2.75) is 69.1 Å². The first-order valence-electron chi connectivity index (χ1n) is 8.68. The van der Waals surface area contributed by atoms with E-state index < -0.39 is 0 Å². The Balaban J connectivity index is 1.52. The van der Waals surface area contributed by atoms with E-state index in [1.807, 2.05) is 24.5 Å². The topological polar surface area (TPSA) is 51.2 Å². The molecule has 3 fully saturated rings. The van der Waals surface area contributed by atoms with Gasteiger partial charge < -0.3 is 10.1 Å². The number of nitrogens with one attached hydrogen (secondary N) is 1. The third-order valence-electron chi connectivity index (χ3n) is 5.62. The van der Waals surface area contributed by atoms with Gasteiger partial charge in [-0.1, -0.05) is 19.3 Å². The quantitative estimate of drug-likeness (QED) is 0.934. The molecule has 1 aromatic heterocycles. The second-order valence-electron chi connectivity index (χ2n) is 6.97. The first-order valence-corrected chi connectivity index (χ1v) is 8.68. The van der Waals surface area contributed by atoms with Crippen LogP contribution in [0, 0.1) is 5.92 Å². The van der Waals surface area contributed by atoms with Crippen molar-refractivity contribution in [3.63, 3.8) is 0 Å². The smallest absolute Gasteiger partial charge is 0.226 e. The fraction of sp³-hybridized carbons (Fsp3) is 0.667. The zero-order chi connectivity index (χ0) is 14.9. The summed E-state index contributed by atoms with van der Waals surface area (Å²) in [6, 6.07) is 4.45. The van der Waals surface area contributed by atoms with Crippen LogP contribution in [-0.4, -0.2) is 29.1 Å². The number of nitrogens with zero attached hydrogens (tertiary/aromatic N) is 1. The monoisotopic (exact) mass is 300 g/mol. The maximum Gasteiger partial charge on any atom is 0.226 e. The Morgan fingerprint density at radius 1 is 1.05 bits per heavy atom. The molecule has 2 saturated heterocycles. The molecule has 4 heteroatoms. The van der Waals surface area contributed by atoms with Gasteiger partial charge in [0.2, 0.25) is 5.91 Å². The highest BCUT2D eigenvalue weighted by Gasteiger charge is 2.52. The van der Waals surface area contributed by atoms with Crippen molar-refractivity contribution in [3.05, 3.63) is 30.1 Å². The van der Waals surface area contributed by atoms with Crippen LogP contribution >= 0.6 is 0 Å². The van der Waals surface area contributed by atoms with Gasteiger partial charge in [-0.3, -0.25) is 9.78 Å². The van der Waals surface area contributed by atoms with Gasteiger partial charge in [0.25, 0.3) is 0 Å². The lowest BCUT2D eigenvalue weighted by Gasteiger charge is -2.30. The largest absolute Gasteiger partial charge is 0.373 e. The summed E-state index contributed by atoms with van der Waals surface area (Å²) in [4.78, 5) is 17.0. The molecule has 3 aliphatic rings. The Morgan fingerprint density at radius 3 is 2.55 bits per heavy atom. The molecule has 1 saturated carbocycles. The molecule has 3 heterocycles. The maximum absolute atomic E-state index is 12.9. The number of carbonyl (C=O) groups excluding carboxylic acids is 1. The van der Waals surface area contributed by atoms with E-state index in [0.717, 1.165) is 25.7 Å². The molecule has 0 radical (unpaired) electrons. The van der Waals surface area contributed by atoms with Gasteiger partial charge in [0.15, 0.2) is 0 Å². The highest BCUT2D eigenvalue weighted by molar-refractivity contribution is 5.81. The van der Waals surface area contributed by atoms with E-state index in [2.05, 4.69) is 10.3 Å². The third-order valence-corrected chi connectivity index (χ3v) is 5.62. The van der Waals surface area contributed by atoms with Crippen LogP contribution in [-0.2, 0) is 9.53 Å². The molecule has 2 bridgehead atoms. The molecule has 4 nitrogen and oxygen atoms in total. The minimum absolute atomic E-state index is 0.0249. The van der Waals surface area contributed by atoms with Crippen LogP contribution in [0.1, 0.15) is 56.4 Å². The van der Waals surface area contributed by atoms with Gasteiger partial charge in [-0.05, 0) is 43.4 Å². The van der Waals surface area contributed by atoms with E-state index in [1.165, 1.54) is 24.8 Å². The number of ether oxygens (including phenoxy) is 1. The molecule has 0 spiro atoms. The fourth-order valence-electron chi connectivity index (χ4n) is 4.56. The number of carbonyl (C=O) groups is 1. The van der Waals surface area contributed by atoms with E-state index in [0.29, 0.717) is 6.04 Å². The van der Waals surface area contributed by atoms with E-state index in [1.54, 1.807) is 0 Å². The molecule has 1 N–H and O–H groups in total. The molecule has 1 amide bonds. The lowest BCUT2D eigenvalue weighted by molar-refractivity contribution is -0.127. The van der Waals surface area contributed by atoms with E-state index >= 15 is 0 Å². The van der Waals surface area contributed by atoms with Crippen molar-refractivity contribution in [3.8, 4) is 0 Å². The third kappa shape index (κ3) is 2.54. The highest BCUT2D eigenvalue weighted by Crippen LogP contribution is 2.48. The summed E-state index contributed by atoms with van der Waals surface area (Å²) in [7, 11) is 0. The van der Waals surface area contributed by atoms with Gasteiger partial charge in [0, 0.05) is 24.4 Å². The van der Waals surface area contributed by atoms with Crippen LogP contribution in [0.5, 0.6) is 0 Å². The van der Waals surface area contributed by atoms with Crippen LogP contribution in [0.3, 0.4) is 0 Å². The van der Waals surface area contributed by atoms with Gasteiger partial charge in [-0.15, -0.1) is 0 Å². The molecule has 2 aliphatic heterocycles. The Kier molecular flexibility index (Phi) is 3.87. The number of rotatable bonds is 3. The van der Waals surface area contributed by atoms with Crippen LogP contribution in [0.4, 0.5) is 0 Å². The van der Waals surface area contributed by atoms with Crippen molar-refractivity contribution in [2.75, 3.05) is 0 Å². The molecule has 1 aromatic rings. The Hall–Kier alpha value is -1.42. The number of hydrogen-bond acceptors (Lipinski definition) is 3. The molecular formula is C18H24N2O2. The van der Waals surface area contributed by atoms with Gasteiger partial charge in [-0.2, -0.15) is 0 Å². The molecule has 4 rings (SSSR count). The summed E-state index contributed by atoms with van der Waals surface area (Å²) >= 11 is 0. The van der Waals surface area contributed by atoms with E-state index in [9.17, 15) is 4.79 Å². The normalized spacial score (nSPS) is 34.7. The lowest BCUT2D eigenvalue weighted by atomic mass is 9.75. The number of amides is 1. The number of hydrogen-bond donors (Lipinski definition) is 1. The fourth-order valence-corrected chi connectivity index (χ4v) is 4.56. The van der Waals surface area contributed by atoms with Gasteiger partial charge in [0.05, 0.1) is 18.1 Å². The van der Waals surface area contributed by atoms with Crippen molar-refractivity contribution < 1.29 is 9.53 Å². The van der Waals surface area contributed by atoms with Crippen molar-refractivity contribution in [2.24, 2.45) is 5.92 Å². The Bertz CT molecular complexity index is 527. The molecule has 1 aliphatic carbocycles. The van der Waals surface area contributed by atoms with Gasteiger partial charge >= 0.3 is 0 Å². The van der Waals surface area contributed by atoms with Crippen LogP contribution in [0.2, 0.25) is 0 Å². The molecular weight excluding hydrogens is 276 g/mol. The number of pyridine rings is 1. The minimum atomic E-state index is -0.0249. The molecule has 4 atom stereocenters. The second kappa shape index (κ2) is 5.99. The van der Waals surface area contributed by atoms with Crippen molar-refractivity contribution in [1.82, 2.24) is 10.3 Å². The summed E-state index contributed by atoms with van der Waals surface area (Å²) in [5.41, 5.74) is 1.20. The summed E-state index contributed by atoms with van der Waals surface area (Å²) in [6.07, 6.45) is 12.1. The van der Waals surface area contributed by atoms with Gasteiger partial charge in [0.1, 0.15) is 0 Å². The molecule has 0 aromatic carbocycles. The summed E-state index contributed by atoms with van der Waals surface area (Å²) in [5, 5.41) is 3.31. The lowest BCUT2D eigenvalue weighted by Crippen LogP contribution is -2.45. The summed E-state index contributed by atoms with van der Waals surface area (Å²) in [5.74, 6) is 0.384. The predicted molar refractivity (Wildman–Crippen MR) is 83.4 cm³/mol. The first kappa shape index (κ1) is 14.2. The zero-order valence-electron chi connectivity index (χ0n) is 12.9. The van der Waals surface area contributed by atoms with Crippen LogP contribution in [0.25, 0.3) is 0 Å². The predicted octanol–water partition coefficient (Wildman–Crippen LogP) is 2.79. The molecule has 22 heavy (non-hydrogen) atoms. The second-order valence-corrected chi connectivity index (χ2v) is 6.97. The van der Waals surface area contributed by atoms with Crippen LogP contribution < -0.4 is 5.32 Å². The summed E-state index contributed by atoms with van der Waals surface area (Å²) in [6.45, 7) is 0. The Labute approximate surface area is 131 Å². The molecule has 4 unspecified atom stereocenters. The standard InChI is InChI=1S/C18H24N2O2/c21-18(20-13-4-2-1-3-5-13)17-15-7-6-14(22-15)16(17)12-8-10-19-11-9-12/h8-11,13-17H,1-7H2,(H,20,21). The van der Waals surface area contributed by atoms with Crippen LogP contribution in [0.15, 0.2) is 24.5 Å². The average Bonchev–Trinajstić information content (AvgIpc) is 3.17. The first-order chi connectivity index (χ1) is 10.8. The minimum Gasteiger partial charge on any atom is -0.373 e. The van der Waals surface area contributed by atoms with Gasteiger partial charge in [-0.25, -0.2) is 0 Å². The summed E-state index contributed by atoms with van der Waals surface area (Å²) < 4.78 is 6.08.